The van der Waals surface area contributed by atoms with E-state index in [0.29, 0.717) is 6.07 Å². The average Bonchev–Trinajstić information content (AvgIpc) is 3.00. The van der Waals surface area contributed by atoms with Gasteiger partial charge in [-0.15, -0.1) is 0 Å². The van der Waals surface area contributed by atoms with Crippen molar-refractivity contribution in [3.8, 4) is 0 Å². The van der Waals surface area contributed by atoms with E-state index in [2.05, 4.69) is 10.6 Å². The highest BCUT2D eigenvalue weighted by atomic mass is 19.2. The van der Waals surface area contributed by atoms with E-state index in [9.17, 15) is 22.8 Å². The van der Waals surface area contributed by atoms with Crippen LogP contribution in [0.25, 0.3) is 0 Å². The van der Waals surface area contributed by atoms with Gasteiger partial charge in [-0.2, -0.15) is 0 Å². The second-order valence-electron chi connectivity index (χ2n) is 6.26. The van der Waals surface area contributed by atoms with Crippen LogP contribution in [-0.4, -0.2) is 17.9 Å². The number of hydrogen-bond donors (Lipinski definition) is 2. The molecule has 0 unspecified atom stereocenters. The topological polar surface area (TPSA) is 58.2 Å². The number of carbonyl (C=O) groups excluding carboxylic acids is 2. The van der Waals surface area contributed by atoms with Crippen LogP contribution >= 0.6 is 0 Å². The molecule has 0 bridgehead atoms. The Morgan fingerprint density at radius 2 is 1.65 bits per heavy atom. The van der Waals surface area contributed by atoms with Gasteiger partial charge in [0.25, 0.3) is 0 Å². The maximum Gasteiger partial charge on any atom is 0.239 e. The lowest BCUT2D eigenvalue weighted by Gasteiger charge is -2.25. The molecule has 23 heavy (non-hydrogen) atoms. The monoisotopic (exact) mass is 328 g/mol. The highest BCUT2D eigenvalue weighted by Crippen LogP contribution is 2.25. The number of nitrogens with one attached hydrogen (secondary N) is 2. The molecule has 0 heterocycles. The summed E-state index contributed by atoms with van der Waals surface area (Å²) in [6, 6.07) is 1.66. The minimum atomic E-state index is -1.67. The Hall–Kier alpha value is -2.05. The SMILES string of the molecule is CC(C)(C(=O)Nc1ccc(F)c(F)c1F)C(=O)NC1CCCC1. The number of anilines is 1. The normalized spacial score (nSPS) is 15.5. The Kier molecular flexibility index (Phi) is 4.97. The van der Waals surface area contributed by atoms with Crippen LogP contribution in [0.2, 0.25) is 0 Å². The Morgan fingerprint density at radius 3 is 2.26 bits per heavy atom. The molecule has 0 saturated heterocycles. The van der Waals surface area contributed by atoms with Gasteiger partial charge in [0.15, 0.2) is 17.5 Å². The fraction of sp³-hybridized carbons (Fsp3) is 0.500. The minimum absolute atomic E-state index is 0.0366. The molecule has 0 aliphatic heterocycles. The van der Waals surface area contributed by atoms with Gasteiger partial charge < -0.3 is 10.6 Å². The largest absolute Gasteiger partial charge is 0.352 e. The second kappa shape index (κ2) is 6.60. The Balaban J connectivity index is 2.09. The van der Waals surface area contributed by atoms with Crippen LogP contribution in [-0.2, 0) is 9.59 Å². The van der Waals surface area contributed by atoms with Gasteiger partial charge in [0.1, 0.15) is 5.41 Å². The molecule has 0 atom stereocenters. The van der Waals surface area contributed by atoms with Gasteiger partial charge in [-0.05, 0) is 38.8 Å². The van der Waals surface area contributed by atoms with Crippen molar-refractivity contribution in [3.05, 3.63) is 29.6 Å². The molecule has 0 radical (unpaired) electrons. The molecule has 126 valence electrons. The van der Waals surface area contributed by atoms with Crippen LogP contribution in [0.4, 0.5) is 18.9 Å². The van der Waals surface area contributed by atoms with Crippen molar-refractivity contribution in [3.63, 3.8) is 0 Å². The van der Waals surface area contributed by atoms with Gasteiger partial charge >= 0.3 is 0 Å². The Morgan fingerprint density at radius 1 is 1.04 bits per heavy atom. The predicted molar refractivity (Wildman–Crippen MR) is 79.1 cm³/mol. The number of carbonyl (C=O) groups is 2. The molecule has 0 spiro atoms. The third kappa shape index (κ3) is 3.65. The third-order valence-corrected chi connectivity index (χ3v) is 4.11. The lowest BCUT2D eigenvalue weighted by molar-refractivity contribution is -0.138. The maximum absolute atomic E-state index is 13.6. The highest BCUT2D eigenvalue weighted by Gasteiger charge is 2.38. The Labute approximate surface area is 132 Å². The summed E-state index contributed by atoms with van der Waals surface area (Å²) in [5, 5.41) is 4.94. The molecule has 1 aromatic carbocycles. The molecule has 2 N–H and O–H groups in total. The molecular weight excluding hydrogens is 309 g/mol. The van der Waals surface area contributed by atoms with Crippen LogP contribution in [0.1, 0.15) is 39.5 Å². The van der Waals surface area contributed by atoms with E-state index in [1.54, 1.807) is 0 Å². The average molecular weight is 328 g/mol. The summed E-state index contributed by atoms with van der Waals surface area (Å²) in [6.07, 6.45) is 3.78. The Bertz CT molecular complexity index is 626. The lowest BCUT2D eigenvalue weighted by atomic mass is 9.90. The number of rotatable bonds is 4. The summed E-state index contributed by atoms with van der Waals surface area (Å²) in [6.45, 7) is 2.79. The predicted octanol–water partition coefficient (Wildman–Crippen LogP) is 3.13. The first-order chi connectivity index (χ1) is 10.7. The molecular formula is C16H19F3N2O2. The molecule has 1 aromatic rings. The molecule has 7 heteroatoms. The molecule has 1 aliphatic rings. The van der Waals surface area contributed by atoms with Gasteiger partial charge in [0.2, 0.25) is 11.8 Å². The summed E-state index contributed by atoms with van der Waals surface area (Å²) < 4.78 is 39.7. The molecule has 1 fully saturated rings. The second-order valence-corrected chi connectivity index (χ2v) is 6.26. The van der Waals surface area contributed by atoms with Crippen molar-refractivity contribution >= 4 is 17.5 Å². The van der Waals surface area contributed by atoms with E-state index in [1.165, 1.54) is 13.8 Å². The zero-order valence-electron chi connectivity index (χ0n) is 13.0. The zero-order valence-corrected chi connectivity index (χ0v) is 13.0. The van der Waals surface area contributed by atoms with Gasteiger partial charge in [-0.3, -0.25) is 9.59 Å². The fourth-order valence-electron chi connectivity index (χ4n) is 2.44. The third-order valence-electron chi connectivity index (χ3n) is 4.11. The van der Waals surface area contributed by atoms with E-state index < -0.39 is 40.4 Å². The fourth-order valence-corrected chi connectivity index (χ4v) is 2.44. The van der Waals surface area contributed by atoms with E-state index >= 15 is 0 Å². The molecule has 2 amide bonds. The summed E-state index contributed by atoms with van der Waals surface area (Å²) in [5.74, 6) is -5.79. The lowest BCUT2D eigenvalue weighted by Crippen LogP contribution is -2.48. The number of benzene rings is 1. The van der Waals surface area contributed by atoms with Crippen LogP contribution in [0.15, 0.2) is 12.1 Å². The summed E-state index contributed by atoms with van der Waals surface area (Å²) in [7, 11) is 0. The van der Waals surface area contributed by atoms with E-state index in [0.717, 1.165) is 31.7 Å². The number of hydrogen-bond acceptors (Lipinski definition) is 2. The van der Waals surface area contributed by atoms with E-state index in [1.807, 2.05) is 0 Å². The van der Waals surface area contributed by atoms with Gasteiger partial charge in [-0.1, -0.05) is 12.8 Å². The van der Waals surface area contributed by atoms with E-state index in [4.69, 9.17) is 0 Å². The van der Waals surface area contributed by atoms with Crippen molar-refractivity contribution < 1.29 is 22.8 Å². The van der Waals surface area contributed by atoms with Crippen LogP contribution < -0.4 is 10.6 Å². The molecule has 1 aliphatic carbocycles. The molecule has 2 rings (SSSR count). The summed E-state index contributed by atoms with van der Waals surface area (Å²) in [5.41, 5.74) is -1.98. The van der Waals surface area contributed by atoms with Crippen molar-refractivity contribution in [2.75, 3.05) is 5.32 Å². The first kappa shape index (κ1) is 17.3. The first-order valence-electron chi connectivity index (χ1n) is 7.49. The van der Waals surface area contributed by atoms with Crippen molar-refractivity contribution in [1.29, 1.82) is 0 Å². The smallest absolute Gasteiger partial charge is 0.239 e. The van der Waals surface area contributed by atoms with Gasteiger partial charge in [-0.25, -0.2) is 13.2 Å². The summed E-state index contributed by atoms with van der Waals surface area (Å²) >= 11 is 0. The maximum atomic E-state index is 13.6. The number of amides is 2. The number of halogens is 3. The highest BCUT2D eigenvalue weighted by molar-refractivity contribution is 6.09. The minimum Gasteiger partial charge on any atom is -0.352 e. The standard InChI is InChI=1S/C16H19F3N2O2/c1-16(2,14(22)20-9-5-3-4-6-9)15(23)21-11-8-7-10(17)12(18)13(11)19/h7-9H,3-6H2,1-2H3,(H,20,22)(H,21,23). The van der Waals surface area contributed by atoms with Gasteiger partial charge in [0, 0.05) is 6.04 Å². The first-order valence-corrected chi connectivity index (χ1v) is 7.49. The van der Waals surface area contributed by atoms with Crippen LogP contribution in [0.5, 0.6) is 0 Å². The van der Waals surface area contributed by atoms with Crippen molar-refractivity contribution in [1.82, 2.24) is 5.32 Å². The van der Waals surface area contributed by atoms with Crippen LogP contribution in [0, 0.1) is 22.9 Å². The molecule has 1 saturated carbocycles. The van der Waals surface area contributed by atoms with Crippen LogP contribution in [0.3, 0.4) is 0 Å². The van der Waals surface area contributed by atoms with Crippen molar-refractivity contribution in [2.45, 2.75) is 45.6 Å². The van der Waals surface area contributed by atoms with Crippen molar-refractivity contribution in [2.24, 2.45) is 5.41 Å². The summed E-state index contributed by atoms with van der Waals surface area (Å²) in [4.78, 5) is 24.5. The van der Waals surface area contributed by atoms with E-state index in [-0.39, 0.29) is 6.04 Å². The molecule has 0 aromatic heterocycles. The zero-order chi connectivity index (χ0) is 17.2. The molecule has 4 nitrogen and oxygen atoms in total. The quantitative estimate of drug-likeness (QED) is 0.659. The van der Waals surface area contributed by atoms with Gasteiger partial charge in [0.05, 0.1) is 5.69 Å².